The number of sulfonamides is 1. The molecule has 4 nitrogen and oxygen atoms in total. The minimum absolute atomic E-state index is 0.114. The Morgan fingerprint density at radius 2 is 1.50 bits per heavy atom. The van der Waals surface area contributed by atoms with E-state index in [0.29, 0.717) is 13.0 Å². The summed E-state index contributed by atoms with van der Waals surface area (Å²) < 4.78 is 30.2. The maximum Gasteiger partial charge on any atom is 0.261 e. The zero-order chi connectivity index (χ0) is 20.8. The van der Waals surface area contributed by atoms with Crippen LogP contribution in [-0.2, 0) is 14.4 Å². The molecule has 0 spiro atoms. The minimum Gasteiger partial charge on any atom is -0.407 e. The zero-order valence-corrected chi connectivity index (χ0v) is 18.8. The number of rotatable bonds is 9. The monoisotopic (exact) mass is 417 g/mol. The van der Waals surface area contributed by atoms with Crippen molar-refractivity contribution >= 4 is 28.7 Å². The SMILES string of the molecule is C=CC[C@H](CO[Si](c1ccccc1)(c1ccccc1)C(C)(C)C)CS(N)(=O)=O. The Hall–Kier alpha value is -1.73. The van der Waals surface area contributed by atoms with Crippen molar-refractivity contribution in [3.8, 4) is 0 Å². The first-order valence-electron chi connectivity index (χ1n) is 9.46. The Bertz CT molecular complexity index is 822. The predicted octanol–water partition coefficient (Wildman–Crippen LogP) is 3.04. The van der Waals surface area contributed by atoms with E-state index in [1.807, 2.05) is 36.4 Å². The molecule has 0 aliphatic rings. The molecule has 0 aromatic heterocycles. The molecular formula is C22H31NO3SSi. The van der Waals surface area contributed by atoms with Crippen LogP contribution in [0, 0.1) is 5.92 Å². The third-order valence-electron chi connectivity index (χ3n) is 4.92. The molecule has 152 valence electrons. The molecule has 2 aromatic rings. The van der Waals surface area contributed by atoms with Gasteiger partial charge in [0.15, 0.2) is 0 Å². The second-order valence-electron chi connectivity index (χ2n) is 8.19. The summed E-state index contributed by atoms with van der Waals surface area (Å²) in [5.74, 6) is -0.342. The summed E-state index contributed by atoms with van der Waals surface area (Å²) in [6.45, 7) is 10.7. The minimum atomic E-state index is -3.59. The molecule has 0 bridgehead atoms. The molecule has 2 rings (SSSR count). The van der Waals surface area contributed by atoms with Crippen molar-refractivity contribution in [2.75, 3.05) is 12.4 Å². The Morgan fingerprint density at radius 1 is 1.04 bits per heavy atom. The quantitative estimate of drug-likeness (QED) is 0.504. The van der Waals surface area contributed by atoms with Crippen LogP contribution in [-0.4, -0.2) is 29.1 Å². The van der Waals surface area contributed by atoms with Gasteiger partial charge >= 0.3 is 0 Å². The van der Waals surface area contributed by atoms with Crippen LogP contribution in [0.4, 0.5) is 0 Å². The van der Waals surface area contributed by atoms with E-state index < -0.39 is 18.3 Å². The molecule has 0 heterocycles. The number of benzene rings is 2. The highest BCUT2D eigenvalue weighted by molar-refractivity contribution is 7.89. The summed E-state index contributed by atoms with van der Waals surface area (Å²) in [6, 6.07) is 20.6. The Morgan fingerprint density at radius 3 is 1.86 bits per heavy atom. The third-order valence-corrected chi connectivity index (χ3v) is 10.9. The molecule has 0 aliphatic heterocycles. The summed E-state index contributed by atoms with van der Waals surface area (Å²) in [5.41, 5.74) is 0. The molecule has 0 radical (unpaired) electrons. The lowest BCUT2D eigenvalue weighted by molar-refractivity contribution is 0.247. The van der Waals surface area contributed by atoms with Gasteiger partial charge in [0.2, 0.25) is 10.0 Å². The van der Waals surface area contributed by atoms with Crippen LogP contribution in [0.15, 0.2) is 73.3 Å². The molecule has 0 aliphatic carbocycles. The topological polar surface area (TPSA) is 69.4 Å². The van der Waals surface area contributed by atoms with Crippen molar-refractivity contribution in [2.24, 2.45) is 11.1 Å². The van der Waals surface area contributed by atoms with Crippen molar-refractivity contribution in [2.45, 2.75) is 32.2 Å². The van der Waals surface area contributed by atoms with Crippen LogP contribution in [0.1, 0.15) is 27.2 Å². The number of hydrogen-bond acceptors (Lipinski definition) is 3. The van der Waals surface area contributed by atoms with Gasteiger partial charge in [-0.05, 0) is 27.8 Å². The second-order valence-corrected chi connectivity index (χ2v) is 14.2. The normalized spacial score (nSPS) is 13.9. The Labute approximate surface area is 170 Å². The highest BCUT2D eigenvalue weighted by Crippen LogP contribution is 2.37. The maximum absolute atomic E-state index is 11.7. The van der Waals surface area contributed by atoms with Gasteiger partial charge in [-0.2, -0.15) is 0 Å². The Balaban J connectivity index is 2.53. The van der Waals surface area contributed by atoms with Crippen molar-refractivity contribution in [3.05, 3.63) is 73.3 Å². The summed E-state index contributed by atoms with van der Waals surface area (Å²) in [6.07, 6.45) is 2.26. The summed E-state index contributed by atoms with van der Waals surface area (Å²) >= 11 is 0. The van der Waals surface area contributed by atoms with E-state index in [4.69, 9.17) is 9.56 Å². The van der Waals surface area contributed by atoms with Crippen molar-refractivity contribution in [3.63, 3.8) is 0 Å². The summed E-state index contributed by atoms with van der Waals surface area (Å²) in [7, 11) is -6.28. The molecule has 1 atom stereocenters. The number of allylic oxidation sites excluding steroid dienone is 1. The average molecular weight is 418 g/mol. The highest BCUT2D eigenvalue weighted by atomic mass is 32.2. The molecule has 6 heteroatoms. The van der Waals surface area contributed by atoms with E-state index in [1.54, 1.807) is 6.08 Å². The van der Waals surface area contributed by atoms with E-state index in [2.05, 4.69) is 51.6 Å². The molecular weight excluding hydrogens is 386 g/mol. The molecule has 0 saturated carbocycles. The van der Waals surface area contributed by atoms with Crippen molar-refractivity contribution in [1.82, 2.24) is 0 Å². The van der Waals surface area contributed by atoms with Crippen LogP contribution in [0.2, 0.25) is 5.04 Å². The summed E-state index contributed by atoms with van der Waals surface area (Å²) in [5, 5.41) is 7.49. The molecule has 0 unspecified atom stereocenters. The van der Waals surface area contributed by atoms with Crippen LogP contribution >= 0.6 is 0 Å². The van der Waals surface area contributed by atoms with Gasteiger partial charge in [-0.25, -0.2) is 13.6 Å². The van der Waals surface area contributed by atoms with Crippen LogP contribution in [0.3, 0.4) is 0 Å². The van der Waals surface area contributed by atoms with Crippen molar-refractivity contribution in [1.29, 1.82) is 0 Å². The highest BCUT2D eigenvalue weighted by Gasteiger charge is 2.50. The average Bonchev–Trinajstić information content (AvgIpc) is 2.62. The zero-order valence-electron chi connectivity index (χ0n) is 17.0. The van der Waals surface area contributed by atoms with E-state index in [1.165, 1.54) is 10.4 Å². The van der Waals surface area contributed by atoms with Gasteiger partial charge in [0, 0.05) is 6.61 Å². The fourth-order valence-electron chi connectivity index (χ4n) is 3.75. The van der Waals surface area contributed by atoms with Crippen LogP contribution < -0.4 is 15.5 Å². The number of primary sulfonamides is 1. The first kappa shape index (κ1) is 22.6. The van der Waals surface area contributed by atoms with Crippen molar-refractivity contribution < 1.29 is 12.8 Å². The fourth-order valence-corrected chi connectivity index (χ4v) is 9.28. The maximum atomic E-state index is 11.7. The standard InChI is InChI=1S/C22H31NO3SSi/c1-5-12-19(18-27(23,24)25)17-26-28(22(2,3)4,20-13-8-6-9-14-20)21-15-10-7-11-16-21/h5-11,13-16,19H,1,12,17-18H2,2-4H3,(H2,23,24,25)/t19-/m1/s1. The van der Waals surface area contributed by atoms with Gasteiger partial charge in [0.1, 0.15) is 0 Å². The molecule has 0 saturated heterocycles. The lowest BCUT2D eigenvalue weighted by Gasteiger charge is -2.43. The van der Waals surface area contributed by atoms with Gasteiger partial charge in [-0.1, -0.05) is 87.5 Å². The molecule has 2 aromatic carbocycles. The van der Waals surface area contributed by atoms with Crippen LogP contribution in [0.25, 0.3) is 0 Å². The predicted molar refractivity (Wildman–Crippen MR) is 120 cm³/mol. The van der Waals surface area contributed by atoms with Gasteiger partial charge in [0.25, 0.3) is 8.32 Å². The van der Waals surface area contributed by atoms with E-state index >= 15 is 0 Å². The summed E-state index contributed by atoms with van der Waals surface area (Å²) in [4.78, 5) is 0. The lowest BCUT2D eigenvalue weighted by atomic mass is 10.1. The van der Waals surface area contributed by atoms with E-state index in [0.717, 1.165) is 0 Å². The largest absolute Gasteiger partial charge is 0.407 e. The smallest absolute Gasteiger partial charge is 0.261 e. The molecule has 0 amide bonds. The second kappa shape index (κ2) is 9.18. The van der Waals surface area contributed by atoms with Gasteiger partial charge in [0.05, 0.1) is 5.75 Å². The van der Waals surface area contributed by atoms with Gasteiger partial charge in [-0.3, -0.25) is 0 Å². The lowest BCUT2D eigenvalue weighted by Crippen LogP contribution is -2.67. The van der Waals surface area contributed by atoms with Gasteiger partial charge < -0.3 is 4.43 Å². The van der Waals surface area contributed by atoms with Crippen LogP contribution in [0.5, 0.6) is 0 Å². The van der Waals surface area contributed by atoms with E-state index in [-0.39, 0.29) is 16.7 Å². The molecule has 2 N–H and O–H groups in total. The van der Waals surface area contributed by atoms with Gasteiger partial charge in [-0.15, -0.1) is 6.58 Å². The fraction of sp³-hybridized carbons (Fsp3) is 0.364. The molecule has 0 fully saturated rings. The first-order valence-corrected chi connectivity index (χ1v) is 13.1. The third kappa shape index (κ3) is 5.41. The number of hydrogen-bond donors (Lipinski definition) is 1. The molecule has 28 heavy (non-hydrogen) atoms. The number of nitrogens with two attached hydrogens (primary N) is 1. The van der Waals surface area contributed by atoms with E-state index in [9.17, 15) is 8.42 Å². The Kier molecular flexibility index (Phi) is 7.39. The first-order chi connectivity index (χ1) is 13.1.